The Labute approximate surface area is 172 Å². The largest absolute Gasteiger partial charge is 0.493 e. The van der Waals surface area contributed by atoms with E-state index >= 15 is 0 Å². The Kier molecular flexibility index (Phi) is 7.58. The third-order valence-corrected chi connectivity index (χ3v) is 4.91. The highest BCUT2D eigenvalue weighted by Gasteiger charge is 2.10. The number of guanidine groups is 1. The topological polar surface area (TPSA) is 81.3 Å². The van der Waals surface area contributed by atoms with Crippen molar-refractivity contribution in [2.45, 2.75) is 13.0 Å². The summed E-state index contributed by atoms with van der Waals surface area (Å²) in [5.74, 6) is 1.90. The second-order valence-electron chi connectivity index (χ2n) is 6.83. The van der Waals surface area contributed by atoms with Crippen molar-refractivity contribution in [2.75, 3.05) is 52.0 Å². The summed E-state index contributed by atoms with van der Waals surface area (Å²) in [6, 6.07) is 14.4. The van der Waals surface area contributed by atoms with Crippen molar-refractivity contribution in [1.82, 2.24) is 5.32 Å². The fourth-order valence-corrected chi connectivity index (χ4v) is 3.24. The molecule has 3 rings (SSSR count). The quantitative estimate of drug-likeness (QED) is 0.524. The zero-order valence-electron chi connectivity index (χ0n) is 17.2. The molecule has 29 heavy (non-hydrogen) atoms. The summed E-state index contributed by atoms with van der Waals surface area (Å²) < 4.78 is 16.0. The van der Waals surface area contributed by atoms with Gasteiger partial charge in [-0.05, 0) is 41.8 Å². The average Bonchev–Trinajstić information content (AvgIpc) is 2.78. The Hall–Kier alpha value is -2.93. The predicted molar refractivity (Wildman–Crippen MR) is 116 cm³/mol. The highest BCUT2D eigenvalue weighted by atomic mass is 16.5. The molecule has 0 unspecified atom stereocenters. The maximum atomic E-state index is 6.01. The number of aliphatic imine (C=N–C) groups is 1. The summed E-state index contributed by atoms with van der Waals surface area (Å²) in [5, 5.41) is 3.16. The van der Waals surface area contributed by atoms with Gasteiger partial charge in [0.2, 0.25) is 0 Å². The Balaban J connectivity index is 1.45. The minimum absolute atomic E-state index is 0.447. The van der Waals surface area contributed by atoms with Crippen LogP contribution in [0.1, 0.15) is 11.1 Å². The van der Waals surface area contributed by atoms with Crippen molar-refractivity contribution in [3.63, 3.8) is 0 Å². The van der Waals surface area contributed by atoms with Gasteiger partial charge in [-0.3, -0.25) is 0 Å². The number of ether oxygens (including phenoxy) is 3. The Morgan fingerprint density at radius 3 is 2.41 bits per heavy atom. The van der Waals surface area contributed by atoms with Gasteiger partial charge in [-0.1, -0.05) is 18.2 Å². The first-order chi connectivity index (χ1) is 14.2. The molecule has 0 aliphatic carbocycles. The lowest BCUT2D eigenvalue weighted by Gasteiger charge is -2.28. The lowest BCUT2D eigenvalue weighted by molar-refractivity contribution is 0.122. The molecule has 0 saturated carbocycles. The fourth-order valence-electron chi connectivity index (χ4n) is 3.24. The third-order valence-electron chi connectivity index (χ3n) is 4.91. The molecule has 1 heterocycles. The summed E-state index contributed by atoms with van der Waals surface area (Å²) >= 11 is 0. The molecule has 2 aromatic carbocycles. The zero-order valence-corrected chi connectivity index (χ0v) is 17.2. The van der Waals surface area contributed by atoms with E-state index in [1.165, 1.54) is 5.69 Å². The van der Waals surface area contributed by atoms with Crippen LogP contribution >= 0.6 is 0 Å². The SMILES string of the molecule is COc1ccc(CCNC(N)=NCc2ccc(N3CCOCC3)cc2)cc1OC. The Morgan fingerprint density at radius 1 is 1.03 bits per heavy atom. The van der Waals surface area contributed by atoms with Crippen LogP contribution in [-0.4, -0.2) is 53.0 Å². The summed E-state index contributed by atoms with van der Waals surface area (Å²) in [7, 11) is 3.27. The highest BCUT2D eigenvalue weighted by Crippen LogP contribution is 2.27. The van der Waals surface area contributed by atoms with Gasteiger partial charge in [-0.25, -0.2) is 4.99 Å². The summed E-state index contributed by atoms with van der Waals surface area (Å²) in [4.78, 5) is 6.77. The first kappa shape index (κ1) is 20.8. The van der Waals surface area contributed by atoms with Gasteiger partial charge in [0.25, 0.3) is 0 Å². The molecular weight excluding hydrogens is 368 g/mol. The number of morpholine rings is 1. The first-order valence-electron chi connectivity index (χ1n) is 9.86. The van der Waals surface area contributed by atoms with Crippen LogP contribution in [0.3, 0.4) is 0 Å². The number of hydrogen-bond acceptors (Lipinski definition) is 5. The number of methoxy groups -OCH3 is 2. The number of rotatable bonds is 8. The lowest BCUT2D eigenvalue weighted by atomic mass is 10.1. The molecular formula is C22H30N4O3. The van der Waals surface area contributed by atoms with Crippen LogP contribution < -0.4 is 25.4 Å². The van der Waals surface area contributed by atoms with E-state index in [-0.39, 0.29) is 0 Å². The van der Waals surface area contributed by atoms with Crippen molar-refractivity contribution < 1.29 is 14.2 Å². The average molecular weight is 399 g/mol. The molecule has 1 fully saturated rings. The smallest absolute Gasteiger partial charge is 0.188 e. The van der Waals surface area contributed by atoms with E-state index in [0.717, 1.165) is 55.4 Å². The van der Waals surface area contributed by atoms with Gasteiger partial charge in [0, 0.05) is 25.3 Å². The van der Waals surface area contributed by atoms with Crippen LogP contribution in [0.2, 0.25) is 0 Å². The van der Waals surface area contributed by atoms with Gasteiger partial charge < -0.3 is 30.2 Å². The lowest BCUT2D eigenvalue weighted by Crippen LogP contribution is -2.36. The van der Waals surface area contributed by atoms with E-state index in [1.807, 2.05) is 18.2 Å². The molecule has 2 aromatic rings. The van der Waals surface area contributed by atoms with Gasteiger partial charge in [0.05, 0.1) is 34.0 Å². The van der Waals surface area contributed by atoms with E-state index in [9.17, 15) is 0 Å². The van der Waals surface area contributed by atoms with Crippen LogP contribution in [0.25, 0.3) is 0 Å². The normalized spacial score (nSPS) is 14.6. The monoisotopic (exact) mass is 398 g/mol. The van der Waals surface area contributed by atoms with Gasteiger partial charge in [0.1, 0.15) is 0 Å². The van der Waals surface area contributed by atoms with Crippen LogP contribution in [0.15, 0.2) is 47.5 Å². The summed E-state index contributed by atoms with van der Waals surface area (Å²) in [6.45, 7) is 4.71. The summed E-state index contributed by atoms with van der Waals surface area (Å²) in [6.07, 6.45) is 0.810. The first-order valence-corrected chi connectivity index (χ1v) is 9.86. The minimum atomic E-state index is 0.447. The second-order valence-corrected chi connectivity index (χ2v) is 6.83. The Morgan fingerprint density at radius 2 is 1.72 bits per heavy atom. The molecule has 7 nitrogen and oxygen atoms in total. The summed E-state index contributed by atoms with van der Waals surface area (Å²) in [5.41, 5.74) is 9.50. The predicted octanol–water partition coefficient (Wildman–Crippen LogP) is 2.19. The number of benzene rings is 2. The van der Waals surface area contributed by atoms with Crippen molar-refractivity contribution in [3.05, 3.63) is 53.6 Å². The molecule has 0 amide bonds. The molecule has 0 spiro atoms. The number of anilines is 1. The second kappa shape index (κ2) is 10.6. The van der Waals surface area contributed by atoms with Crippen molar-refractivity contribution in [2.24, 2.45) is 10.7 Å². The van der Waals surface area contributed by atoms with E-state index in [1.54, 1.807) is 14.2 Å². The molecule has 0 atom stereocenters. The molecule has 0 bridgehead atoms. The highest BCUT2D eigenvalue weighted by molar-refractivity contribution is 5.77. The molecule has 0 radical (unpaired) electrons. The number of nitrogens with two attached hydrogens (primary N) is 1. The van der Waals surface area contributed by atoms with E-state index in [4.69, 9.17) is 19.9 Å². The minimum Gasteiger partial charge on any atom is -0.493 e. The molecule has 1 aliphatic heterocycles. The molecule has 7 heteroatoms. The van der Waals surface area contributed by atoms with Gasteiger partial charge >= 0.3 is 0 Å². The number of hydrogen-bond donors (Lipinski definition) is 2. The zero-order chi connectivity index (χ0) is 20.5. The Bertz CT molecular complexity index is 802. The van der Waals surface area contributed by atoms with Crippen LogP contribution in [-0.2, 0) is 17.7 Å². The molecule has 0 aromatic heterocycles. The number of nitrogens with zero attached hydrogens (tertiary/aromatic N) is 2. The van der Waals surface area contributed by atoms with Gasteiger partial charge in [-0.15, -0.1) is 0 Å². The maximum Gasteiger partial charge on any atom is 0.188 e. The van der Waals surface area contributed by atoms with Gasteiger partial charge in [0.15, 0.2) is 17.5 Å². The van der Waals surface area contributed by atoms with Crippen molar-refractivity contribution in [3.8, 4) is 11.5 Å². The third kappa shape index (κ3) is 6.02. The van der Waals surface area contributed by atoms with Crippen molar-refractivity contribution in [1.29, 1.82) is 0 Å². The van der Waals surface area contributed by atoms with E-state index in [2.05, 4.69) is 39.5 Å². The maximum absolute atomic E-state index is 6.01. The standard InChI is InChI=1S/C22H30N4O3/c1-27-20-8-5-17(15-21(20)28-2)9-10-24-22(23)25-16-18-3-6-19(7-4-18)26-11-13-29-14-12-26/h3-8,15H,9-14,16H2,1-2H3,(H3,23,24,25). The molecule has 156 valence electrons. The van der Waals surface area contributed by atoms with E-state index < -0.39 is 0 Å². The van der Waals surface area contributed by atoms with Crippen molar-refractivity contribution >= 4 is 11.6 Å². The fraction of sp³-hybridized carbons (Fsp3) is 0.409. The molecule has 1 aliphatic rings. The number of nitrogens with one attached hydrogen (secondary N) is 1. The van der Waals surface area contributed by atoms with Crippen LogP contribution in [0, 0.1) is 0 Å². The molecule has 1 saturated heterocycles. The van der Waals surface area contributed by atoms with Crippen LogP contribution in [0.4, 0.5) is 5.69 Å². The van der Waals surface area contributed by atoms with E-state index in [0.29, 0.717) is 19.0 Å². The van der Waals surface area contributed by atoms with Gasteiger partial charge in [-0.2, -0.15) is 0 Å². The molecule has 3 N–H and O–H groups in total. The van der Waals surface area contributed by atoms with Crippen LogP contribution in [0.5, 0.6) is 11.5 Å².